The van der Waals surface area contributed by atoms with E-state index >= 15 is 0 Å². The summed E-state index contributed by atoms with van der Waals surface area (Å²) in [7, 11) is 0. The number of piperidine rings is 1. The van der Waals surface area contributed by atoms with Crippen molar-refractivity contribution in [1.82, 2.24) is 0 Å². The summed E-state index contributed by atoms with van der Waals surface area (Å²) in [6.07, 6.45) is 4.14. The van der Waals surface area contributed by atoms with E-state index in [1.54, 1.807) is 0 Å². The molecule has 1 unspecified atom stereocenters. The van der Waals surface area contributed by atoms with Crippen LogP contribution in [0.4, 0.5) is 0 Å². The second-order valence-corrected chi connectivity index (χ2v) is 5.24. The van der Waals surface area contributed by atoms with Crippen molar-refractivity contribution in [2.24, 2.45) is 0 Å². The van der Waals surface area contributed by atoms with Crippen LogP contribution in [0.5, 0.6) is 0 Å². The highest BCUT2D eigenvalue weighted by Gasteiger charge is 2.27. The molecule has 1 aromatic carbocycles. The van der Waals surface area contributed by atoms with Crippen LogP contribution in [-0.2, 0) is 0 Å². The van der Waals surface area contributed by atoms with Gasteiger partial charge in [0.2, 0.25) is 0 Å². The maximum atomic E-state index is 10.3. The molecule has 0 amide bonds. The molecule has 1 saturated heterocycles. The number of hydrogen-bond acceptors (Lipinski definition) is 2. The van der Waals surface area contributed by atoms with Crippen molar-refractivity contribution in [1.29, 1.82) is 0 Å². The van der Waals surface area contributed by atoms with Gasteiger partial charge in [0, 0.05) is 13.0 Å². The number of rotatable bonds is 5. The summed E-state index contributed by atoms with van der Waals surface area (Å²) in [6.45, 7) is 2.14. The predicted molar refractivity (Wildman–Crippen MR) is 71.4 cm³/mol. The Bertz CT molecular complexity index is 340. The lowest BCUT2D eigenvalue weighted by atomic mass is 9.98. The van der Waals surface area contributed by atoms with Crippen LogP contribution in [0.25, 0.3) is 0 Å². The zero-order valence-corrected chi connectivity index (χ0v) is 10.9. The van der Waals surface area contributed by atoms with E-state index in [1.165, 1.54) is 24.2 Å². The van der Waals surface area contributed by atoms with Crippen LogP contribution in [0.2, 0.25) is 0 Å². The molecule has 3 nitrogen and oxygen atoms in total. The zero-order chi connectivity index (χ0) is 12.8. The van der Waals surface area contributed by atoms with Crippen molar-refractivity contribution in [3.8, 4) is 0 Å². The van der Waals surface area contributed by atoms with Crippen LogP contribution >= 0.6 is 0 Å². The van der Waals surface area contributed by atoms with Crippen molar-refractivity contribution in [3.63, 3.8) is 0 Å². The SMILES string of the molecule is OCC[C@H]1CCCC[NH+]1C[C@@H](O)c1ccccc1. The van der Waals surface area contributed by atoms with Gasteiger partial charge in [0.05, 0.1) is 12.6 Å². The number of aliphatic hydroxyl groups excluding tert-OH is 2. The lowest BCUT2D eigenvalue weighted by molar-refractivity contribution is -0.934. The summed E-state index contributed by atoms with van der Waals surface area (Å²) in [5.41, 5.74) is 0.998. The van der Waals surface area contributed by atoms with Crippen LogP contribution in [0.1, 0.15) is 37.4 Å². The van der Waals surface area contributed by atoms with E-state index in [4.69, 9.17) is 5.11 Å². The number of quaternary nitrogens is 1. The van der Waals surface area contributed by atoms with Gasteiger partial charge in [-0.3, -0.25) is 0 Å². The minimum Gasteiger partial charge on any atom is -0.396 e. The smallest absolute Gasteiger partial charge is 0.128 e. The molecule has 0 aliphatic carbocycles. The topological polar surface area (TPSA) is 44.9 Å². The summed E-state index contributed by atoms with van der Waals surface area (Å²) < 4.78 is 0. The van der Waals surface area contributed by atoms with E-state index in [0.717, 1.165) is 25.1 Å². The Balaban J connectivity index is 1.94. The van der Waals surface area contributed by atoms with Crippen molar-refractivity contribution in [2.75, 3.05) is 19.7 Å². The fraction of sp³-hybridized carbons (Fsp3) is 0.600. The van der Waals surface area contributed by atoms with Gasteiger partial charge in [0.1, 0.15) is 12.6 Å². The van der Waals surface area contributed by atoms with E-state index in [0.29, 0.717) is 6.04 Å². The first kappa shape index (κ1) is 13.5. The van der Waals surface area contributed by atoms with Gasteiger partial charge in [-0.15, -0.1) is 0 Å². The molecule has 1 aliphatic rings. The molecule has 18 heavy (non-hydrogen) atoms. The average molecular weight is 250 g/mol. The quantitative estimate of drug-likeness (QED) is 0.714. The summed E-state index contributed by atoms with van der Waals surface area (Å²) in [4.78, 5) is 1.45. The molecule has 0 bridgehead atoms. The van der Waals surface area contributed by atoms with E-state index in [1.807, 2.05) is 30.3 Å². The first-order valence-electron chi connectivity index (χ1n) is 6.99. The van der Waals surface area contributed by atoms with Crippen LogP contribution < -0.4 is 4.90 Å². The molecular weight excluding hydrogens is 226 g/mol. The first-order valence-corrected chi connectivity index (χ1v) is 6.99. The monoisotopic (exact) mass is 250 g/mol. The third-order valence-corrected chi connectivity index (χ3v) is 4.00. The van der Waals surface area contributed by atoms with Gasteiger partial charge < -0.3 is 15.1 Å². The molecule has 3 atom stereocenters. The third-order valence-electron chi connectivity index (χ3n) is 4.00. The standard InChI is InChI=1S/C15H23NO2/c17-11-9-14-8-4-5-10-16(14)12-15(18)13-6-2-1-3-7-13/h1-3,6-7,14-15,17-18H,4-5,8-12H2/p+1/t14-,15-/m1/s1. The maximum Gasteiger partial charge on any atom is 0.128 e. The zero-order valence-electron chi connectivity index (χ0n) is 10.9. The fourth-order valence-corrected chi connectivity index (χ4v) is 2.97. The number of benzene rings is 1. The minimum absolute atomic E-state index is 0.260. The number of likely N-dealkylation sites (tertiary alicyclic amines) is 1. The second kappa shape index (κ2) is 6.88. The predicted octanol–water partition coefficient (Wildman–Crippen LogP) is 0.540. The molecule has 1 fully saturated rings. The van der Waals surface area contributed by atoms with Gasteiger partial charge >= 0.3 is 0 Å². The summed E-state index contributed by atoms with van der Waals surface area (Å²) in [5, 5.41) is 19.4. The largest absolute Gasteiger partial charge is 0.396 e. The van der Waals surface area contributed by atoms with Gasteiger partial charge in [0.15, 0.2) is 0 Å². The fourth-order valence-electron chi connectivity index (χ4n) is 2.97. The van der Waals surface area contributed by atoms with Crippen LogP contribution in [-0.4, -0.2) is 36.0 Å². The lowest BCUT2D eigenvalue weighted by Crippen LogP contribution is -3.17. The highest BCUT2D eigenvalue weighted by atomic mass is 16.3. The molecule has 3 N–H and O–H groups in total. The Morgan fingerprint density at radius 3 is 2.72 bits per heavy atom. The van der Waals surface area contributed by atoms with E-state index in [2.05, 4.69) is 0 Å². The van der Waals surface area contributed by atoms with Gasteiger partial charge in [-0.25, -0.2) is 0 Å². The van der Waals surface area contributed by atoms with Gasteiger partial charge in [0.25, 0.3) is 0 Å². The van der Waals surface area contributed by atoms with Gasteiger partial charge in [-0.05, 0) is 24.8 Å². The minimum atomic E-state index is -0.388. The van der Waals surface area contributed by atoms with E-state index in [-0.39, 0.29) is 12.7 Å². The summed E-state index contributed by atoms with van der Waals surface area (Å²) in [5.74, 6) is 0. The Labute approximate surface area is 109 Å². The van der Waals surface area contributed by atoms with E-state index < -0.39 is 0 Å². The van der Waals surface area contributed by atoms with Crippen molar-refractivity contribution < 1.29 is 15.1 Å². The molecule has 1 aromatic rings. The molecule has 3 heteroatoms. The van der Waals surface area contributed by atoms with Gasteiger partial charge in [-0.1, -0.05) is 30.3 Å². The highest BCUT2D eigenvalue weighted by Crippen LogP contribution is 2.12. The Morgan fingerprint density at radius 2 is 2.00 bits per heavy atom. The molecule has 100 valence electrons. The Morgan fingerprint density at radius 1 is 1.22 bits per heavy atom. The van der Waals surface area contributed by atoms with E-state index in [9.17, 15) is 5.11 Å². The first-order chi connectivity index (χ1) is 8.81. The Kier molecular flexibility index (Phi) is 5.17. The molecule has 0 aromatic heterocycles. The van der Waals surface area contributed by atoms with Crippen molar-refractivity contribution in [3.05, 3.63) is 35.9 Å². The van der Waals surface area contributed by atoms with Crippen molar-refractivity contribution in [2.45, 2.75) is 37.8 Å². The molecule has 0 radical (unpaired) electrons. The van der Waals surface area contributed by atoms with Crippen molar-refractivity contribution >= 4 is 0 Å². The second-order valence-electron chi connectivity index (χ2n) is 5.24. The maximum absolute atomic E-state index is 10.3. The third kappa shape index (κ3) is 3.55. The van der Waals surface area contributed by atoms with Gasteiger partial charge in [-0.2, -0.15) is 0 Å². The number of nitrogens with one attached hydrogen (secondary N) is 1. The average Bonchev–Trinajstić information content (AvgIpc) is 2.42. The summed E-state index contributed by atoms with van der Waals surface area (Å²) in [6, 6.07) is 10.4. The normalized spacial score (nSPS) is 25.9. The molecular formula is C15H24NO2+. The van der Waals surface area contributed by atoms with Crippen LogP contribution in [0.15, 0.2) is 30.3 Å². The molecule has 0 saturated carbocycles. The number of hydrogen-bond donors (Lipinski definition) is 3. The lowest BCUT2D eigenvalue weighted by Gasteiger charge is -2.33. The highest BCUT2D eigenvalue weighted by molar-refractivity contribution is 5.17. The number of aliphatic hydroxyl groups is 2. The molecule has 0 spiro atoms. The summed E-state index contributed by atoms with van der Waals surface area (Å²) >= 11 is 0. The van der Waals surface area contributed by atoms with Crippen LogP contribution in [0, 0.1) is 0 Å². The molecule has 2 rings (SSSR count). The molecule has 1 aliphatic heterocycles. The molecule has 1 heterocycles. The Hall–Kier alpha value is -0.900. The van der Waals surface area contributed by atoms with Crippen LogP contribution in [0.3, 0.4) is 0 Å².